The SMILES string of the molecule is CCC1=C(CC)C(CC)=[C]([Zr+2][C]2=CC=CC2)C1.[Cl-].[Cl-]. The van der Waals surface area contributed by atoms with Crippen molar-refractivity contribution in [3.63, 3.8) is 0 Å². The molecule has 0 unspecified atom stereocenters. The van der Waals surface area contributed by atoms with Crippen LogP contribution in [-0.4, -0.2) is 0 Å². The van der Waals surface area contributed by atoms with Crippen LogP contribution in [0.2, 0.25) is 0 Å². The van der Waals surface area contributed by atoms with Gasteiger partial charge in [0, 0.05) is 0 Å². The molecule has 0 bridgehead atoms. The summed E-state index contributed by atoms with van der Waals surface area (Å²) in [5.41, 5.74) is 5.22. The molecule has 0 spiro atoms. The molecule has 0 fully saturated rings. The van der Waals surface area contributed by atoms with Crippen molar-refractivity contribution >= 4 is 0 Å². The summed E-state index contributed by atoms with van der Waals surface area (Å²) >= 11 is -0.443. The summed E-state index contributed by atoms with van der Waals surface area (Å²) in [7, 11) is 0. The van der Waals surface area contributed by atoms with E-state index in [2.05, 4.69) is 39.0 Å². The molecule has 0 aliphatic heterocycles. The minimum Gasteiger partial charge on any atom is -1.00 e. The van der Waals surface area contributed by atoms with E-state index in [4.69, 9.17) is 0 Å². The fraction of sp³-hybridized carbons (Fsp3) is 0.500. The Hall–Kier alpha value is 0.423. The molecule has 2 rings (SSSR count). The topological polar surface area (TPSA) is 0 Å². The van der Waals surface area contributed by atoms with Crippen LogP contribution in [0.1, 0.15) is 52.9 Å². The Morgan fingerprint density at radius 1 is 1.00 bits per heavy atom. The summed E-state index contributed by atoms with van der Waals surface area (Å²) in [6.45, 7) is 6.98. The van der Waals surface area contributed by atoms with Crippen molar-refractivity contribution in [3.05, 3.63) is 41.5 Å². The second-order valence-corrected chi connectivity index (χ2v) is 8.40. The average molecular weight is 376 g/mol. The zero-order valence-corrected chi connectivity index (χ0v) is 16.0. The van der Waals surface area contributed by atoms with Crippen LogP contribution in [0, 0.1) is 0 Å². The average Bonchev–Trinajstić information content (AvgIpc) is 2.96. The van der Waals surface area contributed by atoms with Crippen molar-refractivity contribution in [2.45, 2.75) is 52.9 Å². The first-order chi connectivity index (χ1) is 8.30. The molecule has 0 aromatic heterocycles. The molecule has 0 heterocycles. The molecule has 0 nitrogen and oxygen atoms in total. The van der Waals surface area contributed by atoms with E-state index < -0.39 is 23.2 Å². The maximum absolute atomic E-state index is 2.38. The summed E-state index contributed by atoms with van der Waals surface area (Å²) in [6, 6.07) is 0. The van der Waals surface area contributed by atoms with E-state index in [0.29, 0.717) is 0 Å². The van der Waals surface area contributed by atoms with Gasteiger partial charge in [0.25, 0.3) is 0 Å². The standard InChI is InChI=1S/C11H17.C5H5.2ClH.Zr/c1-4-9-7-8-10(5-2)11(9)6-3;1-2-4-5-3-1;;;/h4-7H2,1-3H3;1-3H,4H2;2*1H;/q;;;;+2/p-2. The second kappa shape index (κ2) is 9.38. The molecule has 0 N–H and O–H groups in total. The minimum atomic E-state index is -0.443. The first-order valence-corrected chi connectivity index (χ1v) is 9.31. The van der Waals surface area contributed by atoms with Gasteiger partial charge in [-0.05, 0) is 0 Å². The molecule has 3 heteroatoms. The van der Waals surface area contributed by atoms with E-state index in [1.165, 1.54) is 32.1 Å². The van der Waals surface area contributed by atoms with Crippen molar-refractivity contribution in [2.75, 3.05) is 0 Å². The molecule has 0 saturated carbocycles. The van der Waals surface area contributed by atoms with E-state index in [9.17, 15) is 0 Å². The molecule has 2 aliphatic carbocycles. The molecule has 0 saturated heterocycles. The van der Waals surface area contributed by atoms with Gasteiger partial charge in [-0.2, -0.15) is 0 Å². The van der Waals surface area contributed by atoms with E-state index >= 15 is 0 Å². The monoisotopic (exact) mass is 374 g/mol. The number of hydrogen-bond donors (Lipinski definition) is 0. The third kappa shape index (κ3) is 4.45. The van der Waals surface area contributed by atoms with Gasteiger partial charge in [-0.3, -0.25) is 0 Å². The third-order valence-electron chi connectivity index (χ3n) is 3.76. The molecular formula is C16H22Cl2Zr. The van der Waals surface area contributed by atoms with Gasteiger partial charge in [0.2, 0.25) is 0 Å². The van der Waals surface area contributed by atoms with Crippen LogP contribution in [-0.2, 0) is 23.2 Å². The van der Waals surface area contributed by atoms with Crippen molar-refractivity contribution < 1.29 is 48.0 Å². The Bertz CT molecular complexity index is 428. The molecule has 0 atom stereocenters. The normalized spacial score (nSPS) is 17.1. The first-order valence-electron chi connectivity index (χ1n) is 6.86. The van der Waals surface area contributed by atoms with Crippen molar-refractivity contribution in [3.8, 4) is 0 Å². The second-order valence-electron chi connectivity index (χ2n) is 4.73. The first kappa shape index (κ1) is 19.4. The quantitative estimate of drug-likeness (QED) is 0.584. The summed E-state index contributed by atoms with van der Waals surface area (Å²) in [5, 5.41) is 0. The zero-order valence-electron chi connectivity index (χ0n) is 12.0. The van der Waals surface area contributed by atoms with Gasteiger partial charge >= 0.3 is 118 Å². The smallest absolute Gasteiger partial charge is 1.00 e. The van der Waals surface area contributed by atoms with Gasteiger partial charge in [0.15, 0.2) is 0 Å². The van der Waals surface area contributed by atoms with Crippen molar-refractivity contribution in [2.24, 2.45) is 0 Å². The van der Waals surface area contributed by atoms with Gasteiger partial charge in [0.05, 0.1) is 0 Å². The van der Waals surface area contributed by atoms with Crippen molar-refractivity contribution in [1.29, 1.82) is 0 Å². The van der Waals surface area contributed by atoms with E-state index in [1.54, 1.807) is 20.0 Å². The number of allylic oxidation sites excluding steroid dienone is 8. The van der Waals surface area contributed by atoms with Crippen molar-refractivity contribution in [1.82, 2.24) is 0 Å². The van der Waals surface area contributed by atoms with E-state index in [-0.39, 0.29) is 24.8 Å². The predicted molar refractivity (Wildman–Crippen MR) is 71.4 cm³/mol. The molecule has 2 aliphatic rings. The van der Waals surface area contributed by atoms with Gasteiger partial charge in [0.1, 0.15) is 0 Å². The Kier molecular flexibility index (Phi) is 9.58. The Morgan fingerprint density at radius 3 is 2.16 bits per heavy atom. The molecule has 0 aromatic rings. The van der Waals surface area contributed by atoms with Crippen LogP contribution in [0.5, 0.6) is 0 Å². The van der Waals surface area contributed by atoms with Gasteiger partial charge in [-0.25, -0.2) is 0 Å². The largest absolute Gasteiger partial charge is 1.00 e. The zero-order chi connectivity index (χ0) is 12.3. The number of halogens is 2. The predicted octanol–water partition coefficient (Wildman–Crippen LogP) is -0.895. The maximum atomic E-state index is 2.38. The van der Waals surface area contributed by atoms with Gasteiger partial charge in [-0.1, -0.05) is 0 Å². The van der Waals surface area contributed by atoms with Crippen LogP contribution in [0.25, 0.3) is 0 Å². The Morgan fingerprint density at radius 2 is 1.68 bits per heavy atom. The maximum Gasteiger partial charge on any atom is -1.00 e. The fourth-order valence-corrected chi connectivity index (χ4v) is 6.76. The summed E-state index contributed by atoms with van der Waals surface area (Å²) in [5.74, 6) is 0. The van der Waals surface area contributed by atoms with Gasteiger partial charge in [-0.15, -0.1) is 0 Å². The third-order valence-corrected chi connectivity index (χ3v) is 7.38. The summed E-state index contributed by atoms with van der Waals surface area (Å²) in [4.78, 5) is 0. The van der Waals surface area contributed by atoms with Crippen LogP contribution in [0.3, 0.4) is 0 Å². The van der Waals surface area contributed by atoms with E-state index in [1.807, 2.05) is 3.28 Å². The molecule has 0 radical (unpaired) electrons. The molecule has 19 heavy (non-hydrogen) atoms. The summed E-state index contributed by atoms with van der Waals surface area (Å²) in [6.07, 6.45) is 13.3. The molecule has 104 valence electrons. The fourth-order valence-electron chi connectivity index (χ4n) is 2.90. The molecular weight excluding hydrogens is 354 g/mol. The van der Waals surface area contributed by atoms with Crippen LogP contribution >= 0.6 is 0 Å². The Labute approximate surface area is 141 Å². The Balaban J connectivity index is 0.00000162. The van der Waals surface area contributed by atoms with E-state index in [0.717, 1.165) is 0 Å². The van der Waals surface area contributed by atoms with Crippen LogP contribution in [0.4, 0.5) is 0 Å². The molecule has 0 amide bonds. The number of hydrogen-bond acceptors (Lipinski definition) is 0. The minimum absolute atomic E-state index is 0. The molecule has 0 aromatic carbocycles. The van der Waals surface area contributed by atoms with Crippen LogP contribution in [0.15, 0.2) is 41.5 Å². The number of rotatable bonds is 5. The van der Waals surface area contributed by atoms with Gasteiger partial charge < -0.3 is 24.8 Å². The summed E-state index contributed by atoms with van der Waals surface area (Å²) < 4.78 is 3.64. The van der Waals surface area contributed by atoms with Crippen LogP contribution < -0.4 is 24.8 Å².